The van der Waals surface area contributed by atoms with Gasteiger partial charge >= 0.3 is 6.36 Å². The molecule has 3 aromatic rings. The third-order valence-corrected chi connectivity index (χ3v) is 8.45. The minimum Gasteiger partial charge on any atom is -0.406 e. The number of nitrogens with two attached hydrogens (primary N) is 2. The molecule has 1 saturated heterocycles. The number of hydrogen-bond donors (Lipinski definition) is 6. The van der Waals surface area contributed by atoms with Gasteiger partial charge in [0.15, 0.2) is 12.3 Å². The second kappa shape index (κ2) is 13.4. The Balaban J connectivity index is 1.38. The van der Waals surface area contributed by atoms with Crippen LogP contribution in [-0.2, 0) is 26.1 Å². The third-order valence-electron chi connectivity index (χ3n) is 7.05. The molecule has 0 radical (unpaired) electrons. The second-order valence-corrected chi connectivity index (χ2v) is 12.9. The maximum atomic E-state index is 13.2. The van der Waals surface area contributed by atoms with E-state index in [4.69, 9.17) is 21.6 Å². The molecule has 2 aliphatic rings. The summed E-state index contributed by atoms with van der Waals surface area (Å²) < 4.78 is 76.1. The Bertz CT molecular complexity index is 1860. The first kappa shape index (κ1) is 34.1. The molecule has 3 aromatic carbocycles. The van der Waals surface area contributed by atoms with E-state index in [0.29, 0.717) is 22.7 Å². The number of sulfonamides is 1. The number of aliphatic imine (C=N–C) groups is 1. The predicted octanol–water partition coefficient (Wildman–Crippen LogP) is 3.30. The van der Waals surface area contributed by atoms with Gasteiger partial charge in [-0.25, -0.2) is 8.42 Å². The summed E-state index contributed by atoms with van der Waals surface area (Å²) in [5.41, 5.74) is 14.2. The first-order valence-corrected chi connectivity index (χ1v) is 16.0. The number of halogens is 3. The van der Waals surface area contributed by atoms with E-state index >= 15 is 0 Å². The van der Waals surface area contributed by atoms with Crippen molar-refractivity contribution in [1.29, 1.82) is 5.41 Å². The fraction of sp³-hybridized carbons (Fsp3) is 0.258. The zero-order valence-corrected chi connectivity index (χ0v) is 26.5. The Morgan fingerprint density at radius 1 is 1.12 bits per heavy atom. The van der Waals surface area contributed by atoms with Crippen LogP contribution in [0.15, 0.2) is 82.8 Å². The highest BCUT2D eigenvalue weighted by Crippen LogP contribution is 2.37. The number of nitrogens with zero attached hydrogens (tertiary/aromatic N) is 2. The van der Waals surface area contributed by atoms with Gasteiger partial charge in [-0.1, -0.05) is 24.3 Å². The molecule has 8 N–H and O–H groups in total. The minimum absolute atomic E-state index is 0.0547. The van der Waals surface area contributed by atoms with Crippen LogP contribution in [0.1, 0.15) is 30.5 Å². The number of ether oxygens (including phenoxy) is 2. The van der Waals surface area contributed by atoms with E-state index in [1.165, 1.54) is 12.1 Å². The lowest BCUT2D eigenvalue weighted by Gasteiger charge is -2.25. The van der Waals surface area contributed by atoms with E-state index in [2.05, 4.69) is 25.1 Å². The number of nitrogens with one attached hydrogen (secondary N) is 4. The Hall–Kier alpha value is -5.29. The lowest BCUT2D eigenvalue weighted by atomic mass is 10.1. The number of nitrogen functional groups attached to an aromatic ring is 2. The van der Waals surface area contributed by atoms with Gasteiger partial charge in [-0.05, 0) is 61.9 Å². The van der Waals surface area contributed by atoms with E-state index in [1.807, 2.05) is 13.8 Å². The van der Waals surface area contributed by atoms with Gasteiger partial charge in [0, 0.05) is 35.6 Å². The van der Waals surface area contributed by atoms with Crippen molar-refractivity contribution in [3.8, 4) is 5.75 Å². The Morgan fingerprint density at radius 2 is 1.81 bits per heavy atom. The molecule has 0 saturated carbocycles. The fourth-order valence-corrected chi connectivity index (χ4v) is 5.95. The number of alkyl halides is 3. The summed E-state index contributed by atoms with van der Waals surface area (Å²) in [6.07, 6.45) is -4.31. The molecule has 2 atom stereocenters. The molecule has 0 aromatic heterocycles. The predicted molar refractivity (Wildman–Crippen MR) is 173 cm³/mol. The molecule has 2 unspecified atom stereocenters. The van der Waals surface area contributed by atoms with Gasteiger partial charge in [-0.2, -0.15) is 0 Å². The molecule has 2 heterocycles. The van der Waals surface area contributed by atoms with Crippen LogP contribution < -0.4 is 31.6 Å². The first-order valence-electron chi connectivity index (χ1n) is 14.5. The molecule has 254 valence electrons. The van der Waals surface area contributed by atoms with Crippen molar-refractivity contribution in [3.63, 3.8) is 0 Å². The summed E-state index contributed by atoms with van der Waals surface area (Å²) in [6, 6.07) is 15.1. The number of amidine groups is 2. The summed E-state index contributed by atoms with van der Waals surface area (Å²) in [5, 5.41) is 13.6. The normalized spacial score (nSPS) is 18.3. The van der Waals surface area contributed by atoms with Crippen LogP contribution >= 0.6 is 0 Å². The largest absolute Gasteiger partial charge is 0.573 e. The molecule has 0 bridgehead atoms. The van der Waals surface area contributed by atoms with Gasteiger partial charge in [-0.15, -0.1) is 13.2 Å². The van der Waals surface area contributed by atoms with Crippen molar-refractivity contribution in [3.05, 3.63) is 89.6 Å². The average molecular weight is 687 g/mol. The summed E-state index contributed by atoms with van der Waals surface area (Å²) >= 11 is 0. The van der Waals surface area contributed by atoms with Crippen LogP contribution in [0.2, 0.25) is 0 Å². The van der Waals surface area contributed by atoms with Crippen molar-refractivity contribution in [2.75, 3.05) is 17.0 Å². The number of epoxide rings is 1. The van der Waals surface area contributed by atoms with E-state index in [-0.39, 0.29) is 47.1 Å². The highest BCUT2D eigenvalue weighted by atomic mass is 32.2. The van der Waals surface area contributed by atoms with Gasteiger partial charge in [0.05, 0.1) is 22.8 Å². The number of benzene rings is 3. The van der Waals surface area contributed by atoms with E-state index in [9.17, 15) is 26.4 Å². The molecule has 5 rings (SSSR count). The molecule has 2 aliphatic heterocycles. The topological polar surface area (TPSA) is 201 Å². The van der Waals surface area contributed by atoms with Crippen molar-refractivity contribution < 1.29 is 35.9 Å². The standard InChI is InChI=1S/C31H33F3N8O5S/c1-17(2)40-29-27-30(46-27)42(16-26(43)38-14-18-3-5-19(6-4-18)28(36)37)25(15-39-29)20-11-21(35)13-22(12-20)41-48(44,45)24-9-7-23(8-10-24)47-31(32,33)34/h3-13,15,17,27,30,41H,14,16,35H2,1-2H3,(H3,36,37)(H,38,43)(H,39,40). The SMILES string of the molecule is CC(C)N=C1NC=C(c2cc(N)cc(NS(=O)(=O)c3ccc(OC(F)(F)F)cc3)c2)N(CC(=O)NCc2ccc(C(=N)N)cc2)C2OC12. The van der Waals surface area contributed by atoms with Crippen molar-refractivity contribution in [1.82, 2.24) is 15.5 Å². The fourth-order valence-electron chi connectivity index (χ4n) is 4.91. The Labute approximate surface area is 274 Å². The molecule has 48 heavy (non-hydrogen) atoms. The number of hydrogen-bond acceptors (Lipinski definition) is 9. The molecule has 0 aliphatic carbocycles. The molecule has 17 heteroatoms. The number of rotatable bonds is 11. The summed E-state index contributed by atoms with van der Waals surface area (Å²) in [6.45, 7) is 3.88. The van der Waals surface area contributed by atoms with E-state index in [1.54, 1.807) is 41.4 Å². The second-order valence-electron chi connectivity index (χ2n) is 11.2. The summed E-state index contributed by atoms with van der Waals surface area (Å²) in [7, 11) is -4.26. The van der Waals surface area contributed by atoms with E-state index in [0.717, 1.165) is 29.8 Å². The highest BCUT2D eigenvalue weighted by Gasteiger charge is 2.50. The average Bonchev–Trinajstić information content (AvgIpc) is 3.79. The molecule has 1 amide bonds. The monoisotopic (exact) mass is 686 g/mol. The summed E-state index contributed by atoms with van der Waals surface area (Å²) in [5.74, 6) is -0.414. The maximum Gasteiger partial charge on any atom is 0.573 e. The van der Waals surface area contributed by atoms with Crippen LogP contribution in [0.4, 0.5) is 24.5 Å². The minimum atomic E-state index is -4.93. The van der Waals surface area contributed by atoms with Crippen molar-refractivity contribution in [2.45, 2.75) is 50.0 Å². The van der Waals surface area contributed by atoms with Crippen LogP contribution in [0.3, 0.4) is 0 Å². The Morgan fingerprint density at radius 3 is 2.44 bits per heavy atom. The number of amides is 1. The number of fused-ring (bicyclic) bond motifs is 1. The smallest absolute Gasteiger partial charge is 0.406 e. The van der Waals surface area contributed by atoms with Gasteiger partial charge < -0.3 is 36.5 Å². The maximum absolute atomic E-state index is 13.2. The van der Waals surface area contributed by atoms with Crippen LogP contribution in [0.5, 0.6) is 5.75 Å². The summed E-state index contributed by atoms with van der Waals surface area (Å²) in [4.78, 5) is 19.2. The van der Waals surface area contributed by atoms with Crippen molar-refractivity contribution >= 4 is 44.7 Å². The van der Waals surface area contributed by atoms with Gasteiger partial charge in [-0.3, -0.25) is 19.9 Å². The van der Waals surface area contributed by atoms with Gasteiger partial charge in [0.25, 0.3) is 10.0 Å². The number of carbonyl (C=O) groups excluding carboxylic acids is 1. The quantitative estimate of drug-likeness (QED) is 0.0758. The molecule has 1 fully saturated rings. The van der Waals surface area contributed by atoms with Crippen LogP contribution in [-0.4, -0.2) is 62.2 Å². The number of carbonyl (C=O) groups is 1. The van der Waals surface area contributed by atoms with Crippen molar-refractivity contribution in [2.24, 2.45) is 10.7 Å². The molecule has 0 spiro atoms. The zero-order valence-electron chi connectivity index (χ0n) is 25.7. The highest BCUT2D eigenvalue weighted by molar-refractivity contribution is 7.92. The number of anilines is 2. The molecule has 13 nitrogen and oxygen atoms in total. The van der Waals surface area contributed by atoms with Crippen LogP contribution in [0, 0.1) is 5.41 Å². The Kier molecular flexibility index (Phi) is 9.54. The zero-order chi connectivity index (χ0) is 34.8. The molecular formula is C31H33F3N8O5S. The van der Waals surface area contributed by atoms with Crippen LogP contribution in [0.25, 0.3) is 5.70 Å². The van der Waals surface area contributed by atoms with Gasteiger partial charge in [0.2, 0.25) is 5.91 Å². The van der Waals surface area contributed by atoms with E-state index < -0.39 is 34.5 Å². The molecular weight excluding hydrogens is 653 g/mol. The lowest BCUT2D eigenvalue weighted by Crippen LogP contribution is -2.38. The third kappa shape index (κ3) is 8.54. The first-order chi connectivity index (χ1) is 22.6. The lowest BCUT2D eigenvalue weighted by molar-refractivity contribution is -0.274. The van der Waals surface area contributed by atoms with Gasteiger partial charge in [0.1, 0.15) is 17.4 Å².